The summed E-state index contributed by atoms with van der Waals surface area (Å²) in [6.07, 6.45) is 3.16. The summed E-state index contributed by atoms with van der Waals surface area (Å²) in [5, 5.41) is 11.3. The Morgan fingerprint density at radius 3 is 2.88 bits per heavy atom. The van der Waals surface area contributed by atoms with Gasteiger partial charge in [-0.15, -0.1) is 5.10 Å². The van der Waals surface area contributed by atoms with E-state index in [0.717, 1.165) is 0 Å². The topological polar surface area (TPSA) is 114 Å². The second-order valence-electron chi connectivity index (χ2n) is 4.67. The smallest absolute Gasteiger partial charge is 0.339 e. The van der Waals surface area contributed by atoms with Crippen molar-refractivity contribution in [1.29, 1.82) is 0 Å². The number of halogens is 1. The molecular formula is C13H11BrN6O4. The van der Waals surface area contributed by atoms with Gasteiger partial charge in [-0.05, 0) is 32.4 Å². The number of carbonyl (C=O) groups is 2. The van der Waals surface area contributed by atoms with Crippen LogP contribution in [0.1, 0.15) is 23.1 Å². The molecule has 3 aromatic heterocycles. The molecule has 0 saturated heterocycles. The zero-order valence-corrected chi connectivity index (χ0v) is 14.2. The van der Waals surface area contributed by atoms with E-state index in [2.05, 4.69) is 36.4 Å². The summed E-state index contributed by atoms with van der Waals surface area (Å²) in [7, 11) is 1.29. The van der Waals surface area contributed by atoms with Gasteiger partial charge in [0.1, 0.15) is 10.3 Å². The van der Waals surface area contributed by atoms with E-state index in [-0.39, 0.29) is 18.0 Å². The Bertz CT molecular complexity index is 934. The van der Waals surface area contributed by atoms with Crippen molar-refractivity contribution in [3.63, 3.8) is 0 Å². The number of hydrogen-bond acceptors (Lipinski definition) is 8. The van der Waals surface area contributed by atoms with Crippen LogP contribution in [0, 0.1) is 0 Å². The number of ether oxygens (including phenoxy) is 2. The van der Waals surface area contributed by atoms with E-state index in [1.54, 1.807) is 22.9 Å². The molecule has 0 saturated carbocycles. The van der Waals surface area contributed by atoms with E-state index in [9.17, 15) is 9.59 Å². The molecule has 3 rings (SSSR count). The van der Waals surface area contributed by atoms with Crippen molar-refractivity contribution in [2.75, 3.05) is 7.11 Å². The Morgan fingerprint density at radius 2 is 2.17 bits per heavy atom. The highest BCUT2D eigenvalue weighted by molar-refractivity contribution is 9.10. The fourth-order valence-corrected chi connectivity index (χ4v) is 2.45. The number of tetrazole rings is 1. The third kappa shape index (κ3) is 2.85. The summed E-state index contributed by atoms with van der Waals surface area (Å²) < 4.78 is 13.3. The van der Waals surface area contributed by atoms with Gasteiger partial charge in [0.25, 0.3) is 0 Å². The van der Waals surface area contributed by atoms with Crippen LogP contribution in [-0.2, 0) is 20.9 Å². The van der Waals surface area contributed by atoms with Crippen LogP contribution in [0.3, 0.4) is 0 Å². The standard InChI is InChI=1S/C13H11BrN6O4/c1-7(21)24-6-11-16-17-18-20(11)9-3-8(13(22)23-2)5-19-10(14)4-15-12(9)19/h3-5H,6H2,1-2H3. The first-order valence-electron chi connectivity index (χ1n) is 6.67. The van der Waals surface area contributed by atoms with Crippen LogP contribution in [0.5, 0.6) is 0 Å². The average Bonchev–Trinajstić information content (AvgIpc) is 3.18. The van der Waals surface area contributed by atoms with Crippen LogP contribution in [0.25, 0.3) is 11.3 Å². The van der Waals surface area contributed by atoms with Crippen LogP contribution >= 0.6 is 15.9 Å². The molecule has 0 aromatic carbocycles. The molecule has 0 aliphatic carbocycles. The molecule has 3 heterocycles. The second-order valence-corrected chi connectivity index (χ2v) is 5.48. The normalized spacial score (nSPS) is 10.8. The lowest BCUT2D eigenvalue weighted by atomic mass is 10.2. The molecule has 0 aliphatic rings. The lowest BCUT2D eigenvalue weighted by Gasteiger charge is -2.09. The van der Waals surface area contributed by atoms with Gasteiger partial charge in [0.05, 0.1) is 18.9 Å². The zero-order valence-electron chi connectivity index (χ0n) is 12.6. The minimum absolute atomic E-state index is 0.112. The molecule has 0 amide bonds. The molecule has 11 heteroatoms. The molecule has 0 N–H and O–H groups in total. The Labute approximate surface area is 143 Å². The monoisotopic (exact) mass is 394 g/mol. The predicted octanol–water partition coefficient (Wildman–Crippen LogP) is 0.922. The number of nitrogens with zero attached hydrogens (tertiary/aromatic N) is 6. The van der Waals surface area contributed by atoms with Crippen molar-refractivity contribution < 1.29 is 19.1 Å². The first kappa shape index (κ1) is 16.1. The number of imidazole rings is 1. The van der Waals surface area contributed by atoms with Crippen LogP contribution in [0.2, 0.25) is 0 Å². The molecule has 0 radical (unpaired) electrons. The Balaban J connectivity index is 2.17. The van der Waals surface area contributed by atoms with Crippen molar-refractivity contribution in [3.8, 4) is 5.69 Å². The van der Waals surface area contributed by atoms with Crippen molar-refractivity contribution >= 4 is 33.5 Å². The highest BCUT2D eigenvalue weighted by atomic mass is 79.9. The number of rotatable bonds is 4. The van der Waals surface area contributed by atoms with E-state index >= 15 is 0 Å². The maximum atomic E-state index is 11.9. The Hall–Kier alpha value is -2.82. The van der Waals surface area contributed by atoms with E-state index in [1.165, 1.54) is 18.7 Å². The summed E-state index contributed by atoms with van der Waals surface area (Å²) in [5.74, 6) is -0.692. The lowest BCUT2D eigenvalue weighted by Crippen LogP contribution is -2.11. The summed E-state index contributed by atoms with van der Waals surface area (Å²) in [6.45, 7) is 1.18. The summed E-state index contributed by atoms with van der Waals surface area (Å²) >= 11 is 3.36. The van der Waals surface area contributed by atoms with E-state index in [0.29, 0.717) is 15.9 Å². The second kappa shape index (κ2) is 6.35. The minimum Gasteiger partial charge on any atom is -0.465 e. The van der Waals surface area contributed by atoms with Gasteiger partial charge in [0.2, 0.25) is 0 Å². The van der Waals surface area contributed by atoms with E-state index in [1.807, 2.05) is 0 Å². The zero-order chi connectivity index (χ0) is 17.3. The maximum absolute atomic E-state index is 11.9. The van der Waals surface area contributed by atoms with Gasteiger partial charge in [-0.2, -0.15) is 4.68 Å². The molecular weight excluding hydrogens is 384 g/mol. The van der Waals surface area contributed by atoms with Gasteiger partial charge in [0, 0.05) is 13.1 Å². The van der Waals surface area contributed by atoms with Gasteiger partial charge in [-0.25, -0.2) is 9.78 Å². The number of hydrogen-bond donors (Lipinski definition) is 0. The van der Waals surface area contributed by atoms with Crippen LogP contribution in [-0.4, -0.2) is 48.6 Å². The summed E-state index contributed by atoms with van der Waals surface area (Å²) in [5.41, 5.74) is 1.23. The lowest BCUT2D eigenvalue weighted by molar-refractivity contribution is -0.142. The molecule has 0 aliphatic heterocycles. The highest BCUT2D eigenvalue weighted by Crippen LogP contribution is 2.22. The summed E-state index contributed by atoms with van der Waals surface area (Å²) in [4.78, 5) is 27.2. The van der Waals surface area contributed by atoms with Crippen LogP contribution < -0.4 is 0 Å². The first-order chi connectivity index (χ1) is 11.5. The fraction of sp³-hybridized carbons (Fsp3) is 0.231. The van der Waals surface area contributed by atoms with Gasteiger partial charge in [-0.3, -0.25) is 9.20 Å². The highest BCUT2D eigenvalue weighted by Gasteiger charge is 2.18. The fourth-order valence-electron chi connectivity index (χ4n) is 2.07. The number of esters is 2. The molecule has 0 unspecified atom stereocenters. The number of fused-ring (bicyclic) bond motifs is 1. The van der Waals surface area contributed by atoms with E-state index < -0.39 is 11.9 Å². The van der Waals surface area contributed by atoms with Gasteiger partial charge < -0.3 is 9.47 Å². The molecule has 0 bridgehead atoms. The number of carbonyl (C=O) groups excluding carboxylic acids is 2. The van der Waals surface area contributed by atoms with Crippen molar-refractivity contribution in [1.82, 2.24) is 29.6 Å². The van der Waals surface area contributed by atoms with Crippen LogP contribution in [0.4, 0.5) is 0 Å². The van der Waals surface area contributed by atoms with Crippen molar-refractivity contribution in [2.45, 2.75) is 13.5 Å². The molecule has 0 fully saturated rings. The van der Waals surface area contributed by atoms with E-state index in [4.69, 9.17) is 9.47 Å². The maximum Gasteiger partial charge on any atom is 0.339 e. The minimum atomic E-state index is -0.520. The average molecular weight is 395 g/mol. The number of pyridine rings is 1. The van der Waals surface area contributed by atoms with Gasteiger partial charge in [0.15, 0.2) is 18.1 Å². The van der Waals surface area contributed by atoms with Crippen molar-refractivity contribution in [2.24, 2.45) is 0 Å². The largest absolute Gasteiger partial charge is 0.465 e. The Kier molecular flexibility index (Phi) is 4.25. The summed E-state index contributed by atoms with van der Waals surface area (Å²) in [6, 6.07) is 1.55. The SMILES string of the molecule is COC(=O)c1cc(-n2nnnc2COC(C)=O)c2ncc(Br)n2c1. The quantitative estimate of drug-likeness (QED) is 0.600. The van der Waals surface area contributed by atoms with Crippen LogP contribution in [0.15, 0.2) is 23.1 Å². The molecule has 10 nitrogen and oxygen atoms in total. The predicted molar refractivity (Wildman–Crippen MR) is 82.4 cm³/mol. The number of methoxy groups -OCH3 is 1. The number of aromatic nitrogens is 6. The third-order valence-electron chi connectivity index (χ3n) is 3.13. The molecule has 0 atom stereocenters. The Morgan fingerprint density at radius 1 is 1.38 bits per heavy atom. The molecule has 24 heavy (non-hydrogen) atoms. The molecule has 124 valence electrons. The molecule has 0 spiro atoms. The molecule has 3 aromatic rings. The third-order valence-corrected chi connectivity index (χ3v) is 3.72. The van der Waals surface area contributed by atoms with Gasteiger partial charge >= 0.3 is 11.9 Å². The first-order valence-corrected chi connectivity index (χ1v) is 7.46. The van der Waals surface area contributed by atoms with Gasteiger partial charge in [-0.1, -0.05) is 0 Å². The van der Waals surface area contributed by atoms with Crippen molar-refractivity contribution in [3.05, 3.63) is 34.5 Å².